The minimum Gasteiger partial charge on any atom is -0.481 e. The minimum atomic E-state index is -0.674. The molecule has 1 rings (SSSR count). The minimum absolute atomic E-state index is 0.303. The van der Waals surface area contributed by atoms with Crippen molar-refractivity contribution in [3.8, 4) is 0 Å². The van der Waals surface area contributed by atoms with Gasteiger partial charge in [-0.2, -0.15) is 0 Å². The summed E-state index contributed by atoms with van der Waals surface area (Å²) in [6.45, 7) is 4.57. The summed E-state index contributed by atoms with van der Waals surface area (Å²) in [4.78, 5) is 21.6. The molecule has 1 aliphatic rings. The van der Waals surface area contributed by atoms with Gasteiger partial charge in [-0.25, -0.2) is 0 Å². The number of carboxylic acid groups (broad SMARTS) is 2. The van der Waals surface area contributed by atoms with Gasteiger partial charge in [0.15, 0.2) is 0 Å². The summed E-state index contributed by atoms with van der Waals surface area (Å²) in [5.74, 6) is 1.32. The highest BCUT2D eigenvalue weighted by Gasteiger charge is 2.33. The van der Waals surface area contributed by atoms with Crippen LogP contribution in [0.25, 0.3) is 0 Å². The second-order valence-corrected chi connectivity index (χ2v) is 12.5. The molecular formula is C36H64O4. The highest BCUT2D eigenvalue weighted by Crippen LogP contribution is 2.43. The maximum absolute atomic E-state index is 10.8. The zero-order chi connectivity index (χ0) is 29.3. The van der Waals surface area contributed by atoms with Crippen molar-refractivity contribution in [3.63, 3.8) is 0 Å². The molecule has 232 valence electrons. The van der Waals surface area contributed by atoms with Gasteiger partial charge in [-0.05, 0) is 68.6 Å². The molecule has 4 unspecified atom stereocenters. The summed E-state index contributed by atoms with van der Waals surface area (Å²) in [7, 11) is 0. The number of hydrogen-bond donors (Lipinski definition) is 2. The number of rotatable bonds is 27. The summed E-state index contributed by atoms with van der Waals surface area (Å²) in [5, 5.41) is 17.8. The number of aliphatic carboxylic acids is 2. The molecule has 0 aromatic heterocycles. The normalized spacial score (nSPS) is 20.9. The topological polar surface area (TPSA) is 74.6 Å². The van der Waals surface area contributed by atoms with E-state index < -0.39 is 11.9 Å². The first-order chi connectivity index (χ1) is 19.5. The highest BCUT2D eigenvalue weighted by molar-refractivity contribution is 5.66. The van der Waals surface area contributed by atoms with Crippen molar-refractivity contribution in [3.05, 3.63) is 24.3 Å². The molecule has 0 saturated heterocycles. The average Bonchev–Trinajstić information content (AvgIpc) is 2.92. The van der Waals surface area contributed by atoms with Crippen molar-refractivity contribution in [2.24, 2.45) is 23.7 Å². The number of allylic oxidation sites excluding steroid dienone is 4. The quantitative estimate of drug-likeness (QED) is 0.0774. The lowest BCUT2D eigenvalue weighted by atomic mass is 9.66. The van der Waals surface area contributed by atoms with E-state index >= 15 is 0 Å². The lowest BCUT2D eigenvalue weighted by Crippen LogP contribution is -2.30. The molecule has 1 aliphatic carbocycles. The van der Waals surface area contributed by atoms with Gasteiger partial charge in [0.25, 0.3) is 0 Å². The van der Waals surface area contributed by atoms with E-state index in [4.69, 9.17) is 10.2 Å². The first-order valence-corrected chi connectivity index (χ1v) is 17.3. The van der Waals surface area contributed by atoms with Crippen LogP contribution in [0.15, 0.2) is 24.3 Å². The molecule has 0 heterocycles. The van der Waals surface area contributed by atoms with Crippen molar-refractivity contribution in [1.29, 1.82) is 0 Å². The van der Waals surface area contributed by atoms with E-state index in [0.29, 0.717) is 30.6 Å². The molecule has 0 radical (unpaired) electrons. The van der Waals surface area contributed by atoms with Crippen LogP contribution < -0.4 is 0 Å². The largest absolute Gasteiger partial charge is 0.481 e. The lowest BCUT2D eigenvalue weighted by Gasteiger charge is -2.39. The molecule has 4 nitrogen and oxygen atoms in total. The van der Waals surface area contributed by atoms with Gasteiger partial charge >= 0.3 is 11.9 Å². The number of carbonyl (C=O) groups is 2. The Morgan fingerprint density at radius 1 is 0.575 bits per heavy atom. The van der Waals surface area contributed by atoms with Gasteiger partial charge in [0.05, 0.1) is 0 Å². The Morgan fingerprint density at radius 3 is 1.60 bits per heavy atom. The molecule has 0 aliphatic heterocycles. The Kier molecular flexibility index (Phi) is 22.9. The number of hydrogen-bond acceptors (Lipinski definition) is 2. The third-order valence-electron chi connectivity index (χ3n) is 8.97. The standard InChI is InChI=1S/C36H64O4/c1-3-5-7-9-13-19-25-34-32(24-18-12-10-15-21-27-35(37)38)30-29-31(23-17-8-6-4-2)33(34)26-20-14-11-16-22-28-36(39)40/h19,25,29-34H,3-18,20-24,26-28H2,1-2H3,(H,37,38)(H,39,40)/b25-19-. The summed E-state index contributed by atoms with van der Waals surface area (Å²) in [5.41, 5.74) is 0. The lowest BCUT2D eigenvalue weighted by molar-refractivity contribution is -0.138. The van der Waals surface area contributed by atoms with Gasteiger partial charge in [-0.3, -0.25) is 9.59 Å². The maximum atomic E-state index is 10.8. The molecule has 0 amide bonds. The van der Waals surface area contributed by atoms with Crippen molar-refractivity contribution in [2.75, 3.05) is 0 Å². The predicted octanol–water partition coefficient (Wildman–Crippen LogP) is 11.1. The second-order valence-electron chi connectivity index (χ2n) is 12.5. The zero-order valence-electron chi connectivity index (χ0n) is 26.3. The number of carboxylic acids is 2. The fraction of sp³-hybridized carbons (Fsp3) is 0.833. The van der Waals surface area contributed by atoms with Crippen LogP contribution in [0.1, 0.15) is 168 Å². The first kappa shape index (κ1) is 36.4. The van der Waals surface area contributed by atoms with Gasteiger partial charge in [-0.1, -0.05) is 134 Å². The van der Waals surface area contributed by atoms with Crippen LogP contribution in [0.3, 0.4) is 0 Å². The predicted molar refractivity (Wildman–Crippen MR) is 170 cm³/mol. The van der Waals surface area contributed by atoms with Crippen LogP contribution in [0.5, 0.6) is 0 Å². The fourth-order valence-electron chi connectivity index (χ4n) is 6.57. The van der Waals surface area contributed by atoms with Gasteiger partial charge in [0.2, 0.25) is 0 Å². The van der Waals surface area contributed by atoms with E-state index in [9.17, 15) is 9.59 Å². The molecule has 0 aromatic rings. The van der Waals surface area contributed by atoms with E-state index in [-0.39, 0.29) is 0 Å². The number of unbranched alkanes of at least 4 members (excludes halogenated alkanes) is 15. The zero-order valence-corrected chi connectivity index (χ0v) is 26.3. The third-order valence-corrected chi connectivity index (χ3v) is 8.97. The fourth-order valence-corrected chi connectivity index (χ4v) is 6.57. The summed E-state index contributed by atoms with van der Waals surface area (Å²) in [6.07, 6.45) is 37.4. The van der Waals surface area contributed by atoms with E-state index in [1.807, 2.05) is 0 Å². The van der Waals surface area contributed by atoms with Crippen molar-refractivity contribution < 1.29 is 19.8 Å². The molecule has 0 aromatic carbocycles. The van der Waals surface area contributed by atoms with E-state index in [0.717, 1.165) is 44.4 Å². The van der Waals surface area contributed by atoms with Crippen LogP contribution in [0.4, 0.5) is 0 Å². The Bertz CT molecular complexity index is 682. The van der Waals surface area contributed by atoms with Gasteiger partial charge in [-0.15, -0.1) is 0 Å². The van der Waals surface area contributed by atoms with Crippen LogP contribution in [0.2, 0.25) is 0 Å². The van der Waals surface area contributed by atoms with Crippen molar-refractivity contribution >= 4 is 11.9 Å². The summed E-state index contributed by atoms with van der Waals surface area (Å²) < 4.78 is 0. The van der Waals surface area contributed by atoms with Crippen LogP contribution in [-0.2, 0) is 9.59 Å². The van der Waals surface area contributed by atoms with Gasteiger partial charge < -0.3 is 10.2 Å². The molecule has 40 heavy (non-hydrogen) atoms. The molecule has 4 atom stereocenters. The molecule has 4 heteroatoms. The van der Waals surface area contributed by atoms with Crippen LogP contribution in [0, 0.1) is 23.7 Å². The molecular weight excluding hydrogens is 496 g/mol. The smallest absolute Gasteiger partial charge is 0.303 e. The van der Waals surface area contributed by atoms with E-state index in [1.165, 1.54) is 103 Å². The van der Waals surface area contributed by atoms with Gasteiger partial charge in [0.1, 0.15) is 0 Å². The molecule has 0 saturated carbocycles. The Labute approximate surface area is 247 Å². The average molecular weight is 561 g/mol. The molecule has 0 spiro atoms. The molecule has 0 bridgehead atoms. The maximum Gasteiger partial charge on any atom is 0.303 e. The van der Waals surface area contributed by atoms with E-state index in [2.05, 4.69) is 38.2 Å². The summed E-state index contributed by atoms with van der Waals surface area (Å²) in [6, 6.07) is 0. The Morgan fingerprint density at radius 2 is 1.02 bits per heavy atom. The SMILES string of the molecule is CCCCCC/C=C\C1C(CCCCCCCC(=O)O)C=CC(CCCCCC)C1CCCCCCCC(=O)O. The third kappa shape index (κ3) is 18.7. The Balaban J connectivity index is 2.79. The summed E-state index contributed by atoms with van der Waals surface area (Å²) >= 11 is 0. The Hall–Kier alpha value is -1.58. The first-order valence-electron chi connectivity index (χ1n) is 17.3. The van der Waals surface area contributed by atoms with E-state index in [1.54, 1.807) is 0 Å². The molecule has 2 N–H and O–H groups in total. The monoisotopic (exact) mass is 560 g/mol. The van der Waals surface area contributed by atoms with Crippen LogP contribution in [-0.4, -0.2) is 22.2 Å². The second kappa shape index (κ2) is 25.2. The van der Waals surface area contributed by atoms with Crippen LogP contribution >= 0.6 is 0 Å². The highest BCUT2D eigenvalue weighted by atomic mass is 16.4. The van der Waals surface area contributed by atoms with Crippen molar-refractivity contribution in [2.45, 2.75) is 168 Å². The molecule has 0 fully saturated rings. The van der Waals surface area contributed by atoms with Gasteiger partial charge in [0, 0.05) is 12.8 Å². The van der Waals surface area contributed by atoms with Crippen molar-refractivity contribution in [1.82, 2.24) is 0 Å².